The molecule has 3 aromatic rings. The molecule has 29 heavy (non-hydrogen) atoms. The lowest BCUT2D eigenvalue weighted by Crippen LogP contribution is -2.38. The highest BCUT2D eigenvalue weighted by atomic mass is 19.1. The first-order valence-electron chi connectivity index (χ1n) is 10.5. The van der Waals surface area contributed by atoms with E-state index in [0.29, 0.717) is 0 Å². The van der Waals surface area contributed by atoms with Gasteiger partial charge in [0.2, 0.25) is 0 Å². The summed E-state index contributed by atoms with van der Waals surface area (Å²) in [6.45, 7) is 2.94. The fourth-order valence-electron chi connectivity index (χ4n) is 4.49. The number of likely N-dealkylation sites (tertiary alicyclic amines) is 1. The molecule has 0 radical (unpaired) electrons. The molecule has 3 nitrogen and oxygen atoms in total. The predicted molar refractivity (Wildman–Crippen MR) is 112 cm³/mol. The Morgan fingerprint density at radius 3 is 2.69 bits per heavy atom. The number of halogens is 2. The maximum atomic E-state index is 13.5. The lowest BCUT2D eigenvalue weighted by molar-refractivity contribution is 0.0498. The summed E-state index contributed by atoms with van der Waals surface area (Å²) in [5, 5.41) is 11.7. The molecule has 0 amide bonds. The number of aromatic nitrogens is 1. The lowest BCUT2D eigenvalue weighted by Gasteiger charge is -2.35. The molecule has 1 aliphatic rings. The molecular formula is C24H28F2N2O. The molecule has 1 saturated heterocycles. The quantitative estimate of drug-likeness (QED) is 0.536. The number of fused-ring (bicyclic) bond motifs is 1. The van der Waals surface area contributed by atoms with E-state index in [2.05, 4.69) is 9.88 Å². The number of hydrogen-bond acceptors (Lipinski definition) is 2. The van der Waals surface area contributed by atoms with Crippen LogP contribution < -0.4 is 0 Å². The normalized spacial score (nSPS) is 18.9. The molecule has 1 aliphatic heterocycles. The zero-order valence-electron chi connectivity index (χ0n) is 16.6. The van der Waals surface area contributed by atoms with Crippen LogP contribution in [0.2, 0.25) is 0 Å². The first kappa shape index (κ1) is 20.0. The van der Waals surface area contributed by atoms with Crippen molar-refractivity contribution in [2.45, 2.75) is 38.2 Å². The summed E-state index contributed by atoms with van der Waals surface area (Å²) in [7, 11) is 0. The van der Waals surface area contributed by atoms with Crippen LogP contribution in [-0.4, -0.2) is 34.6 Å². The van der Waals surface area contributed by atoms with Gasteiger partial charge in [-0.1, -0.05) is 12.1 Å². The van der Waals surface area contributed by atoms with E-state index in [9.17, 15) is 13.9 Å². The molecule has 2 unspecified atom stereocenters. The first-order chi connectivity index (χ1) is 14.1. The molecule has 2 N–H and O–H groups in total. The molecule has 1 fully saturated rings. The van der Waals surface area contributed by atoms with Crippen molar-refractivity contribution in [2.24, 2.45) is 5.92 Å². The van der Waals surface area contributed by atoms with Gasteiger partial charge in [-0.3, -0.25) is 0 Å². The van der Waals surface area contributed by atoms with Gasteiger partial charge in [0.05, 0.1) is 6.10 Å². The summed E-state index contributed by atoms with van der Waals surface area (Å²) in [6, 6.07) is 11.1. The molecule has 154 valence electrons. The number of aliphatic hydroxyl groups excluding tert-OH is 1. The Labute approximate surface area is 170 Å². The third-order valence-corrected chi connectivity index (χ3v) is 6.10. The number of H-pyrrole nitrogens is 1. The average molecular weight is 398 g/mol. The van der Waals surface area contributed by atoms with Crippen LogP contribution in [0.25, 0.3) is 10.9 Å². The SMILES string of the molecule is OC(c1ccc(F)cc1)C1CCCN(CCCCc2c[nH]c3ccc(F)cc23)C1. The number of unbranched alkanes of at least 4 members (excludes halogenated alkanes) is 1. The van der Waals surface area contributed by atoms with E-state index in [4.69, 9.17) is 0 Å². The Kier molecular flexibility index (Phi) is 6.26. The molecule has 2 atom stereocenters. The fourth-order valence-corrected chi connectivity index (χ4v) is 4.49. The van der Waals surface area contributed by atoms with Gasteiger partial charge in [0.25, 0.3) is 0 Å². The summed E-state index contributed by atoms with van der Waals surface area (Å²) in [5.41, 5.74) is 2.95. The van der Waals surface area contributed by atoms with Crippen LogP contribution in [0.3, 0.4) is 0 Å². The topological polar surface area (TPSA) is 39.3 Å². The summed E-state index contributed by atoms with van der Waals surface area (Å²) in [4.78, 5) is 5.64. The minimum Gasteiger partial charge on any atom is -0.388 e. The predicted octanol–water partition coefficient (Wildman–Crippen LogP) is 5.21. The van der Waals surface area contributed by atoms with Crippen molar-refractivity contribution in [2.75, 3.05) is 19.6 Å². The van der Waals surface area contributed by atoms with Crippen molar-refractivity contribution in [1.82, 2.24) is 9.88 Å². The molecular weight excluding hydrogens is 370 g/mol. The number of aryl methyl sites for hydroxylation is 1. The molecule has 5 heteroatoms. The van der Waals surface area contributed by atoms with E-state index in [-0.39, 0.29) is 17.6 Å². The second-order valence-corrected chi connectivity index (χ2v) is 8.16. The highest BCUT2D eigenvalue weighted by molar-refractivity contribution is 5.83. The summed E-state index contributed by atoms with van der Waals surface area (Å²) in [5.74, 6) is -0.285. The maximum Gasteiger partial charge on any atom is 0.123 e. The molecule has 0 spiro atoms. The minimum absolute atomic E-state index is 0.186. The summed E-state index contributed by atoms with van der Waals surface area (Å²) < 4.78 is 26.6. The highest BCUT2D eigenvalue weighted by Crippen LogP contribution is 2.30. The Morgan fingerprint density at radius 1 is 1.07 bits per heavy atom. The van der Waals surface area contributed by atoms with Crippen LogP contribution in [0.4, 0.5) is 8.78 Å². The number of aromatic amines is 1. The van der Waals surface area contributed by atoms with Crippen LogP contribution in [0.5, 0.6) is 0 Å². The molecule has 0 aliphatic carbocycles. The first-order valence-corrected chi connectivity index (χ1v) is 10.5. The number of hydrogen-bond donors (Lipinski definition) is 2. The molecule has 2 heterocycles. The molecule has 2 aromatic carbocycles. The van der Waals surface area contributed by atoms with Crippen molar-refractivity contribution < 1.29 is 13.9 Å². The van der Waals surface area contributed by atoms with Gasteiger partial charge in [0.15, 0.2) is 0 Å². The van der Waals surface area contributed by atoms with Gasteiger partial charge in [-0.05, 0) is 86.7 Å². The van der Waals surface area contributed by atoms with E-state index in [1.54, 1.807) is 24.3 Å². The van der Waals surface area contributed by atoms with Gasteiger partial charge >= 0.3 is 0 Å². The van der Waals surface area contributed by atoms with Gasteiger partial charge < -0.3 is 15.0 Å². The molecule has 0 bridgehead atoms. The highest BCUT2D eigenvalue weighted by Gasteiger charge is 2.26. The monoisotopic (exact) mass is 398 g/mol. The second-order valence-electron chi connectivity index (χ2n) is 8.16. The van der Waals surface area contributed by atoms with Gasteiger partial charge in [-0.2, -0.15) is 0 Å². The number of piperidine rings is 1. The zero-order valence-corrected chi connectivity index (χ0v) is 16.6. The number of aliphatic hydroxyl groups is 1. The van der Waals surface area contributed by atoms with Gasteiger partial charge in [0, 0.05) is 29.6 Å². The molecule has 1 aromatic heterocycles. The molecule has 0 saturated carbocycles. The zero-order chi connectivity index (χ0) is 20.2. The Balaban J connectivity index is 1.26. The minimum atomic E-state index is -0.542. The third kappa shape index (κ3) is 4.85. The van der Waals surface area contributed by atoms with E-state index in [1.165, 1.54) is 23.8 Å². The third-order valence-electron chi connectivity index (χ3n) is 6.10. The summed E-state index contributed by atoms with van der Waals surface area (Å²) in [6.07, 6.45) is 6.56. The number of nitrogens with zero attached hydrogens (tertiary/aromatic N) is 1. The lowest BCUT2D eigenvalue weighted by atomic mass is 9.88. The number of nitrogens with one attached hydrogen (secondary N) is 1. The number of rotatable bonds is 7. The van der Waals surface area contributed by atoms with Crippen molar-refractivity contribution in [1.29, 1.82) is 0 Å². The van der Waals surface area contributed by atoms with Crippen LogP contribution in [0.1, 0.15) is 42.9 Å². The Morgan fingerprint density at radius 2 is 1.86 bits per heavy atom. The largest absolute Gasteiger partial charge is 0.388 e. The van der Waals surface area contributed by atoms with Crippen molar-refractivity contribution in [3.63, 3.8) is 0 Å². The van der Waals surface area contributed by atoms with Crippen molar-refractivity contribution in [3.8, 4) is 0 Å². The average Bonchev–Trinajstić information content (AvgIpc) is 3.13. The van der Waals surface area contributed by atoms with E-state index in [1.807, 2.05) is 6.20 Å². The maximum absolute atomic E-state index is 13.5. The van der Waals surface area contributed by atoms with Crippen LogP contribution >= 0.6 is 0 Å². The van der Waals surface area contributed by atoms with Crippen LogP contribution in [0.15, 0.2) is 48.7 Å². The van der Waals surface area contributed by atoms with E-state index >= 15 is 0 Å². The van der Waals surface area contributed by atoms with Gasteiger partial charge in [0.1, 0.15) is 11.6 Å². The van der Waals surface area contributed by atoms with Gasteiger partial charge in [-0.25, -0.2) is 8.78 Å². The van der Waals surface area contributed by atoms with E-state index < -0.39 is 6.10 Å². The fraction of sp³-hybridized carbons (Fsp3) is 0.417. The summed E-state index contributed by atoms with van der Waals surface area (Å²) >= 11 is 0. The van der Waals surface area contributed by atoms with Crippen molar-refractivity contribution >= 4 is 10.9 Å². The van der Waals surface area contributed by atoms with Crippen LogP contribution in [-0.2, 0) is 6.42 Å². The molecule has 4 rings (SSSR count). The Hall–Kier alpha value is -2.24. The number of benzene rings is 2. The standard InChI is InChI=1S/C24H28F2N2O/c25-20-8-6-17(7-9-20)24(29)19-5-3-13-28(16-19)12-2-1-4-18-15-27-23-11-10-21(26)14-22(18)23/h6-11,14-15,19,24,27,29H,1-5,12-13,16H2. The Bertz CT molecular complexity index is 938. The van der Waals surface area contributed by atoms with E-state index in [0.717, 1.165) is 68.2 Å². The van der Waals surface area contributed by atoms with Gasteiger partial charge in [-0.15, -0.1) is 0 Å². The second kappa shape index (κ2) is 9.06. The van der Waals surface area contributed by atoms with Crippen LogP contribution in [0, 0.1) is 17.6 Å². The smallest absolute Gasteiger partial charge is 0.123 e. The van der Waals surface area contributed by atoms with Crippen molar-refractivity contribution in [3.05, 3.63) is 71.4 Å².